The molecule has 5 heterocycles. The topological polar surface area (TPSA) is 105 Å². The highest BCUT2D eigenvalue weighted by atomic mass is 16.3. The van der Waals surface area contributed by atoms with Gasteiger partial charge in [-0.15, -0.1) is 10.2 Å². The molecule has 0 saturated carbocycles. The predicted octanol–water partition coefficient (Wildman–Crippen LogP) is 3.84. The van der Waals surface area contributed by atoms with Crippen LogP contribution in [-0.4, -0.2) is 53.0 Å². The van der Waals surface area contributed by atoms with Crippen LogP contribution in [0, 0.1) is 25.2 Å². The molecule has 1 N–H and O–H groups in total. The van der Waals surface area contributed by atoms with Gasteiger partial charge in [0.05, 0.1) is 23.8 Å². The van der Waals surface area contributed by atoms with Crippen molar-refractivity contribution in [1.29, 1.82) is 0 Å². The second kappa shape index (κ2) is 7.75. The monoisotopic (exact) mass is 444 g/mol. The van der Waals surface area contributed by atoms with Gasteiger partial charge in [0.25, 0.3) is 0 Å². The summed E-state index contributed by atoms with van der Waals surface area (Å²) in [7, 11) is 0. The minimum absolute atomic E-state index is 0.00619. The van der Waals surface area contributed by atoms with E-state index in [0.29, 0.717) is 34.5 Å². The molecule has 1 atom stereocenters. The molecule has 0 aliphatic carbocycles. The molecule has 1 aliphatic rings. The molecular weight excluding hydrogens is 416 g/mol. The third-order valence-electron chi connectivity index (χ3n) is 6.38. The van der Waals surface area contributed by atoms with Crippen molar-refractivity contribution in [3.8, 4) is 28.4 Å². The Morgan fingerprint density at radius 2 is 1.85 bits per heavy atom. The van der Waals surface area contributed by atoms with Gasteiger partial charge in [-0.3, -0.25) is 0 Å². The van der Waals surface area contributed by atoms with Crippen LogP contribution >= 0.6 is 0 Å². The van der Waals surface area contributed by atoms with Gasteiger partial charge < -0.3 is 10.0 Å². The van der Waals surface area contributed by atoms with Gasteiger partial charge >= 0.3 is 0 Å². The fourth-order valence-electron chi connectivity index (χ4n) is 4.35. The Balaban J connectivity index is 1.39. The van der Waals surface area contributed by atoms with Crippen LogP contribution in [0.5, 0.6) is 5.75 Å². The molecule has 5 rings (SSSR count). The number of aromatic nitrogens is 7. The van der Waals surface area contributed by atoms with Crippen molar-refractivity contribution in [3.05, 3.63) is 42.0 Å². The van der Waals surface area contributed by atoms with Crippen LogP contribution in [0.4, 0.5) is 5.95 Å². The smallest absolute Gasteiger partial charge is 0.245 e. The summed E-state index contributed by atoms with van der Waals surface area (Å²) in [5, 5.41) is 23.9. The highest BCUT2D eigenvalue weighted by Crippen LogP contribution is 2.35. The maximum atomic E-state index is 10.7. The first-order valence-electron chi connectivity index (χ1n) is 11.2. The van der Waals surface area contributed by atoms with E-state index >= 15 is 0 Å². The van der Waals surface area contributed by atoms with E-state index in [9.17, 15) is 5.11 Å². The van der Waals surface area contributed by atoms with Crippen molar-refractivity contribution in [2.75, 3.05) is 18.0 Å². The molecule has 9 nitrogen and oxygen atoms in total. The summed E-state index contributed by atoms with van der Waals surface area (Å²) in [6.07, 6.45) is 6.30. The third-order valence-corrected chi connectivity index (χ3v) is 6.38. The molecule has 1 fully saturated rings. The standard InChI is InChI=1S/C24H28N8O/c1-14-8-18(30-32-12-15(2)27-22(14)32)16-9-20(33)21(25-10-16)19-11-26-23(29-28-19)31-7-6-17(13-31)24(3,4)5/h8-12,17,33H,6-7,13H2,1-5H3/t17-/m0/s1. The molecule has 0 radical (unpaired) electrons. The lowest BCUT2D eigenvalue weighted by atomic mass is 9.80. The van der Waals surface area contributed by atoms with Crippen LogP contribution in [0.25, 0.3) is 28.3 Å². The van der Waals surface area contributed by atoms with Crippen LogP contribution in [0.2, 0.25) is 0 Å². The number of anilines is 1. The Bertz CT molecular complexity index is 1320. The Kier molecular flexibility index (Phi) is 4.99. The van der Waals surface area contributed by atoms with Gasteiger partial charge in [0.15, 0.2) is 5.65 Å². The van der Waals surface area contributed by atoms with Crippen LogP contribution in [-0.2, 0) is 0 Å². The van der Waals surface area contributed by atoms with Gasteiger partial charge in [0.1, 0.15) is 17.1 Å². The molecule has 0 amide bonds. The van der Waals surface area contributed by atoms with E-state index in [4.69, 9.17) is 0 Å². The van der Waals surface area contributed by atoms with Gasteiger partial charge in [-0.2, -0.15) is 5.10 Å². The number of rotatable bonds is 3. The van der Waals surface area contributed by atoms with E-state index in [-0.39, 0.29) is 11.2 Å². The normalized spacial score (nSPS) is 16.6. The first-order valence-corrected chi connectivity index (χ1v) is 11.2. The van der Waals surface area contributed by atoms with E-state index in [0.717, 1.165) is 36.4 Å². The molecule has 33 heavy (non-hydrogen) atoms. The Hall–Kier alpha value is -3.62. The Labute approximate surface area is 192 Å². The van der Waals surface area contributed by atoms with Gasteiger partial charge in [-0.1, -0.05) is 20.8 Å². The molecule has 170 valence electrons. The molecule has 1 aliphatic heterocycles. The predicted molar refractivity (Wildman–Crippen MR) is 126 cm³/mol. The molecular formula is C24H28N8O. The average molecular weight is 445 g/mol. The van der Waals surface area contributed by atoms with Crippen LogP contribution < -0.4 is 4.90 Å². The largest absolute Gasteiger partial charge is 0.506 e. The van der Waals surface area contributed by atoms with Crippen LogP contribution in [0.1, 0.15) is 38.4 Å². The molecule has 0 bridgehead atoms. The number of nitrogens with zero attached hydrogens (tertiary/aromatic N) is 8. The lowest BCUT2D eigenvalue weighted by molar-refractivity contribution is 0.263. The van der Waals surface area contributed by atoms with Gasteiger partial charge in [0.2, 0.25) is 5.95 Å². The second-order valence-electron chi connectivity index (χ2n) is 9.90. The van der Waals surface area contributed by atoms with Crippen molar-refractivity contribution in [2.24, 2.45) is 11.3 Å². The van der Waals surface area contributed by atoms with Crippen molar-refractivity contribution in [1.82, 2.24) is 34.8 Å². The third kappa shape index (κ3) is 3.99. The maximum Gasteiger partial charge on any atom is 0.245 e. The van der Waals surface area contributed by atoms with Crippen LogP contribution in [0.15, 0.2) is 30.7 Å². The summed E-state index contributed by atoms with van der Waals surface area (Å²) < 4.78 is 1.75. The van der Waals surface area contributed by atoms with E-state index in [2.05, 4.69) is 55.9 Å². The van der Waals surface area contributed by atoms with Crippen molar-refractivity contribution >= 4 is 11.6 Å². The zero-order valence-corrected chi connectivity index (χ0v) is 19.6. The molecule has 1 saturated heterocycles. The number of imidazole rings is 1. The lowest BCUT2D eigenvalue weighted by Crippen LogP contribution is -2.27. The Morgan fingerprint density at radius 1 is 1.03 bits per heavy atom. The van der Waals surface area contributed by atoms with E-state index < -0.39 is 0 Å². The van der Waals surface area contributed by atoms with Gasteiger partial charge in [-0.25, -0.2) is 19.5 Å². The average Bonchev–Trinajstić information content (AvgIpc) is 3.41. The minimum atomic E-state index is 0.00619. The van der Waals surface area contributed by atoms with E-state index in [1.54, 1.807) is 23.0 Å². The molecule has 0 spiro atoms. The Morgan fingerprint density at radius 3 is 2.52 bits per heavy atom. The molecule has 9 heteroatoms. The minimum Gasteiger partial charge on any atom is -0.506 e. The van der Waals surface area contributed by atoms with E-state index in [1.807, 2.05) is 26.1 Å². The quantitative estimate of drug-likeness (QED) is 0.508. The molecule has 4 aromatic rings. The summed E-state index contributed by atoms with van der Waals surface area (Å²) >= 11 is 0. The van der Waals surface area contributed by atoms with Crippen molar-refractivity contribution < 1.29 is 5.11 Å². The molecule has 0 unspecified atom stereocenters. The van der Waals surface area contributed by atoms with Crippen molar-refractivity contribution in [3.63, 3.8) is 0 Å². The highest BCUT2D eigenvalue weighted by Gasteiger charge is 2.33. The highest BCUT2D eigenvalue weighted by molar-refractivity contribution is 5.69. The summed E-state index contributed by atoms with van der Waals surface area (Å²) in [5.41, 5.74) is 5.15. The van der Waals surface area contributed by atoms with Gasteiger partial charge in [-0.05, 0) is 49.3 Å². The second-order valence-corrected chi connectivity index (χ2v) is 9.90. The molecule has 4 aromatic heterocycles. The SMILES string of the molecule is Cc1cn2nc(-c3cnc(-c4cnc(N5CC[C@H](C(C)(C)C)C5)nn4)c(O)c3)cc(C)c2n1. The van der Waals surface area contributed by atoms with E-state index in [1.165, 1.54) is 0 Å². The summed E-state index contributed by atoms with van der Waals surface area (Å²) in [6, 6.07) is 3.58. The number of aryl methyl sites for hydroxylation is 2. The number of pyridine rings is 1. The number of fused-ring (bicyclic) bond motifs is 1. The fourth-order valence-corrected chi connectivity index (χ4v) is 4.35. The number of aromatic hydroxyl groups is 1. The van der Waals surface area contributed by atoms with Crippen LogP contribution in [0.3, 0.4) is 0 Å². The number of hydrogen-bond acceptors (Lipinski definition) is 8. The van der Waals surface area contributed by atoms with Crippen molar-refractivity contribution in [2.45, 2.75) is 41.0 Å². The fraction of sp³-hybridized carbons (Fsp3) is 0.417. The summed E-state index contributed by atoms with van der Waals surface area (Å²) in [4.78, 5) is 15.6. The lowest BCUT2D eigenvalue weighted by Gasteiger charge is -2.26. The number of hydrogen-bond donors (Lipinski definition) is 1. The first-order chi connectivity index (χ1) is 15.7. The summed E-state index contributed by atoms with van der Waals surface area (Å²) in [5.74, 6) is 1.22. The molecule has 0 aromatic carbocycles. The maximum absolute atomic E-state index is 10.7. The first kappa shape index (κ1) is 21.2. The zero-order valence-electron chi connectivity index (χ0n) is 19.6. The zero-order chi connectivity index (χ0) is 23.3. The summed E-state index contributed by atoms with van der Waals surface area (Å²) in [6.45, 7) is 12.6. The van der Waals surface area contributed by atoms with Gasteiger partial charge in [0, 0.05) is 24.8 Å².